The van der Waals surface area contributed by atoms with E-state index in [-0.39, 0.29) is 12.5 Å². The number of nitrogens with one attached hydrogen (secondary N) is 1. The number of amidine groups is 1. The molecule has 6 heteroatoms. The average Bonchev–Trinajstić information content (AvgIpc) is 2.57. The summed E-state index contributed by atoms with van der Waals surface area (Å²) in [6.07, 6.45) is 3.52. The van der Waals surface area contributed by atoms with Crippen molar-refractivity contribution >= 4 is 11.7 Å². The molecule has 0 aromatic heterocycles. The van der Waals surface area contributed by atoms with Crippen LogP contribution < -0.4 is 11.1 Å². The van der Waals surface area contributed by atoms with Crippen molar-refractivity contribution in [2.75, 3.05) is 26.4 Å². The molecule has 0 heterocycles. The summed E-state index contributed by atoms with van der Waals surface area (Å²) in [6.45, 7) is 3.67. The van der Waals surface area contributed by atoms with Gasteiger partial charge in [-0.15, -0.1) is 0 Å². The standard InChI is InChI=1S/C17H27N3O3/c1-2-3-12-22-13-11-19-17(21)14-23-20-16(18)10-9-15-7-5-4-6-8-15/h4-8H,2-3,9-14H2,1H3,(H2,18,20)(H,19,21). The van der Waals surface area contributed by atoms with Gasteiger partial charge in [-0.1, -0.05) is 48.8 Å². The van der Waals surface area contributed by atoms with Crippen LogP contribution in [0.4, 0.5) is 0 Å². The minimum atomic E-state index is -0.233. The van der Waals surface area contributed by atoms with E-state index in [9.17, 15) is 4.79 Å². The van der Waals surface area contributed by atoms with Crippen LogP contribution in [0, 0.1) is 0 Å². The summed E-state index contributed by atoms with van der Waals surface area (Å²) < 4.78 is 5.34. The highest BCUT2D eigenvalue weighted by atomic mass is 16.6. The molecule has 0 radical (unpaired) electrons. The van der Waals surface area contributed by atoms with E-state index in [2.05, 4.69) is 17.4 Å². The van der Waals surface area contributed by atoms with Gasteiger partial charge in [-0.25, -0.2) is 0 Å². The monoisotopic (exact) mass is 321 g/mol. The third-order valence-corrected chi connectivity index (χ3v) is 3.10. The van der Waals surface area contributed by atoms with E-state index in [4.69, 9.17) is 15.3 Å². The summed E-state index contributed by atoms with van der Waals surface area (Å²) >= 11 is 0. The van der Waals surface area contributed by atoms with Crippen LogP contribution in [0.2, 0.25) is 0 Å². The van der Waals surface area contributed by atoms with Crippen LogP contribution in [0.1, 0.15) is 31.7 Å². The van der Waals surface area contributed by atoms with Crippen molar-refractivity contribution in [3.63, 3.8) is 0 Å². The first kappa shape index (κ1) is 19.0. The first-order valence-electron chi connectivity index (χ1n) is 8.05. The van der Waals surface area contributed by atoms with E-state index < -0.39 is 0 Å². The molecule has 1 aromatic carbocycles. The number of carbonyl (C=O) groups excluding carboxylic acids is 1. The van der Waals surface area contributed by atoms with Crippen LogP contribution in [-0.4, -0.2) is 38.1 Å². The fourth-order valence-corrected chi connectivity index (χ4v) is 1.80. The second kappa shape index (κ2) is 12.5. The predicted octanol–water partition coefficient (Wildman–Crippen LogP) is 1.84. The minimum absolute atomic E-state index is 0.138. The maximum absolute atomic E-state index is 11.5. The summed E-state index contributed by atoms with van der Waals surface area (Å²) in [5.74, 6) is 0.147. The molecule has 1 amide bonds. The quantitative estimate of drug-likeness (QED) is 0.266. The summed E-state index contributed by atoms with van der Waals surface area (Å²) in [5.41, 5.74) is 6.94. The van der Waals surface area contributed by atoms with Gasteiger partial charge in [0.15, 0.2) is 6.61 Å². The molecule has 128 valence electrons. The lowest BCUT2D eigenvalue weighted by Gasteiger charge is -2.06. The van der Waals surface area contributed by atoms with Gasteiger partial charge >= 0.3 is 0 Å². The number of oxime groups is 1. The lowest BCUT2D eigenvalue weighted by molar-refractivity contribution is -0.125. The van der Waals surface area contributed by atoms with Gasteiger partial charge in [-0.2, -0.15) is 0 Å². The Morgan fingerprint density at radius 1 is 1.26 bits per heavy atom. The van der Waals surface area contributed by atoms with Crippen LogP contribution in [0.3, 0.4) is 0 Å². The number of amides is 1. The van der Waals surface area contributed by atoms with Gasteiger partial charge in [0, 0.05) is 19.6 Å². The Labute approximate surface area is 138 Å². The Bertz CT molecular complexity index is 463. The van der Waals surface area contributed by atoms with Crippen LogP contribution in [0.5, 0.6) is 0 Å². The zero-order valence-electron chi connectivity index (χ0n) is 13.8. The molecule has 6 nitrogen and oxygen atoms in total. The Kier molecular flexibility index (Phi) is 10.3. The highest BCUT2D eigenvalue weighted by Crippen LogP contribution is 2.02. The third-order valence-electron chi connectivity index (χ3n) is 3.10. The number of hydrogen-bond donors (Lipinski definition) is 2. The van der Waals surface area contributed by atoms with Gasteiger partial charge < -0.3 is 20.6 Å². The van der Waals surface area contributed by atoms with Gasteiger partial charge in [-0.05, 0) is 18.4 Å². The second-order valence-corrected chi connectivity index (χ2v) is 5.16. The molecule has 1 aromatic rings. The van der Waals surface area contributed by atoms with E-state index in [0.717, 1.165) is 25.9 Å². The Morgan fingerprint density at radius 2 is 2.04 bits per heavy atom. The van der Waals surface area contributed by atoms with E-state index in [1.54, 1.807) is 0 Å². The number of ether oxygens (including phenoxy) is 1. The van der Waals surface area contributed by atoms with Gasteiger partial charge in [0.2, 0.25) is 0 Å². The van der Waals surface area contributed by atoms with Crippen molar-refractivity contribution < 1.29 is 14.4 Å². The van der Waals surface area contributed by atoms with Crippen molar-refractivity contribution in [2.24, 2.45) is 10.9 Å². The molecule has 0 unspecified atom stereocenters. The zero-order valence-corrected chi connectivity index (χ0v) is 13.8. The molecular weight excluding hydrogens is 294 g/mol. The number of unbranched alkanes of at least 4 members (excludes halogenated alkanes) is 1. The largest absolute Gasteiger partial charge is 0.384 e. The molecule has 0 atom stereocenters. The maximum atomic E-state index is 11.5. The predicted molar refractivity (Wildman–Crippen MR) is 91.1 cm³/mol. The molecular formula is C17H27N3O3. The number of benzene rings is 1. The van der Waals surface area contributed by atoms with Crippen LogP contribution in [0.15, 0.2) is 35.5 Å². The third kappa shape index (κ3) is 10.3. The molecule has 0 saturated heterocycles. The first-order chi connectivity index (χ1) is 11.2. The molecule has 0 spiro atoms. The Balaban J connectivity index is 2.06. The molecule has 0 fully saturated rings. The number of nitrogens with two attached hydrogens (primary N) is 1. The molecule has 3 N–H and O–H groups in total. The van der Waals surface area contributed by atoms with Crippen molar-refractivity contribution in [1.29, 1.82) is 0 Å². The summed E-state index contributed by atoms with van der Waals surface area (Å²) in [4.78, 5) is 16.4. The Morgan fingerprint density at radius 3 is 2.78 bits per heavy atom. The topological polar surface area (TPSA) is 85.9 Å². The van der Waals surface area contributed by atoms with Crippen molar-refractivity contribution in [3.05, 3.63) is 35.9 Å². The zero-order chi connectivity index (χ0) is 16.8. The number of aryl methyl sites for hydroxylation is 1. The summed E-state index contributed by atoms with van der Waals surface area (Å²) in [5, 5.41) is 6.44. The molecule has 0 aliphatic heterocycles. The van der Waals surface area contributed by atoms with Gasteiger partial charge in [0.1, 0.15) is 5.84 Å². The maximum Gasteiger partial charge on any atom is 0.260 e. The first-order valence-corrected chi connectivity index (χ1v) is 8.05. The Hall–Kier alpha value is -2.08. The minimum Gasteiger partial charge on any atom is -0.384 e. The smallest absolute Gasteiger partial charge is 0.260 e. The highest BCUT2D eigenvalue weighted by Gasteiger charge is 2.01. The molecule has 0 bridgehead atoms. The van der Waals surface area contributed by atoms with E-state index in [1.165, 1.54) is 5.56 Å². The van der Waals surface area contributed by atoms with Crippen LogP contribution in [-0.2, 0) is 20.8 Å². The van der Waals surface area contributed by atoms with Gasteiger partial charge in [-0.3, -0.25) is 4.79 Å². The molecule has 0 aliphatic rings. The van der Waals surface area contributed by atoms with Crippen molar-refractivity contribution in [2.45, 2.75) is 32.6 Å². The van der Waals surface area contributed by atoms with Crippen LogP contribution >= 0.6 is 0 Å². The number of nitrogens with zero attached hydrogens (tertiary/aromatic N) is 1. The van der Waals surface area contributed by atoms with Crippen LogP contribution in [0.25, 0.3) is 0 Å². The fourth-order valence-electron chi connectivity index (χ4n) is 1.80. The molecule has 0 saturated carbocycles. The van der Waals surface area contributed by atoms with E-state index >= 15 is 0 Å². The highest BCUT2D eigenvalue weighted by molar-refractivity contribution is 5.80. The SMILES string of the molecule is CCCCOCCNC(=O)CO/N=C(\N)CCc1ccccc1. The fraction of sp³-hybridized carbons (Fsp3) is 0.529. The lowest BCUT2D eigenvalue weighted by Crippen LogP contribution is -2.30. The number of hydrogen-bond acceptors (Lipinski definition) is 4. The summed E-state index contributed by atoms with van der Waals surface area (Å²) in [7, 11) is 0. The number of rotatable bonds is 12. The number of carbonyl (C=O) groups is 1. The van der Waals surface area contributed by atoms with E-state index in [0.29, 0.717) is 25.4 Å². The van der Waals surface area contributed by atoms with Crippen molar-refractivity contribution in [1.82, 2.24) is 5.32 Å². The average molecular weight is 321 g/mol. The van der Waals surface area contributed by atoms with Gasteiger partial charge in [0.05, 0.1) is 6.61 Å². The molecule has 1 rings (SSSR count). The van der Waals surface area contributed by atoms with Crippen molar-refractivity contribution in [3.8, 4) is 0 Å². The van der Waals surface area contributed by atoms with E-state index in [1.807, 2.05) is 30.3 Å². The second-order valence-electron chi connectivity index (χ2n) is 5.16. The summed E-state index contributed by atoms with van der Waals surface area (Å²) in [6, 6.07) is 10.00. The van der Waals surface area contributed by atoms with Gasteiger partial charge in [0.25, 0.3) is 5.91 Å². The lowest BCUT2D eigenvalue weighted by atomic mass is 10.1. The molecule has 0 aliphatic carbocycles. The molecule has 23 heavy (non-hydrogen) atoms. The normalized spacial score (nSPS) is 11.3.